The van der Waals surface area contributed by atoms with E-state index in [1.54, 1.807) is 0 Å². The van der Waals surface area contributed by atoms with E-state index < -0.39 is 0 Å². The number of nitrogens with one attached hydrogen (secondary N) is 1. The average Bonchev–Trinajstić information content (AvgIpc) is 2.41. The lowest BCUT2D eigenvalue weighted by molar-refractivity contribution is -0.123. The molecule has 0 aromatic heterocycles. The quantitative estimate of drug-likeness (QED) is 0.742. The van der Waals surface area contributed by atoms with Gasteiger partial charge in [0.1, 0.15) is 0 Å². The molecule has 2 atom stereocenters. The van der Waals surface area contributed by atoms with Gasteiger partial charge in [-0.2, -0.15) is 0 Å². The first-order chi connectivity index (χ1) is 8.07. The number of hydrogen-bond donors (Lipinski definition) is 2. The second-order valence-electron chi connectivity index (χ2n) is 6.27. The average molecular weight is 238 g/mol. The van der Waals surface area contributed by atoms with Crippen molar-refractivity contribution in [3.8, 4) is 0 Å². The van der Waals surface area contributed by atoms with Crippen molar-refractivity contribution in [2.24, 2.45) is 11.7 Å². The van der Waals surface area contributed by atoms with Gasteiger partial charge in [-0.05, 0) is 44.4 Å². The van der Waals surface area contributed by atoms with Gasteiger partial charge >= 0.3 is 0 Å². The summed E-state index contributed by atoms with van der Waals surface area (Å²) in [4.78, 5) is 11.9. The summed E-state index contributed by atoms with van der Waals surface area (Å²) >= 11 is 0. The molecule has 3 nitrogen and oxygen atoms in total. The van der Waals surface area contributed by atoms with E-state index in [1.165, 1.54) is 25.7 Å². The van der Waals surface area contributed by atoms with E-state index in [0.29, 0.717) is 12.5 Å². The van der Waals surface area contributed by atoms with E-state index in [4.69, 9.17) is 5.73 Å². The van der Waals surface area contributed by atoms with Crippen LogP contribution >= 0.6 is 0 Å². The smallest absolute Gasteiger partial charge is 0.222 e. The Morgan fingerprint density at radius 1 is 1.24 bits per heavy atom. The number of hydrogen-bond acceptors (Lipinski definition) is 2. The van der Waals surface area contributed by atoms with Crippen molar-refractivity contribution in [1.29, 1.82) is 0 Å². The second kappa shape index (κ2) is 5.38. The molecule has 0 heterocycles. The molecule has 3 N–H and O–H groups in total. The number of nitrogens with two attached hydrogens (primary N) is 1. The van der Waals surface area contributed by atoms with Crippen LogP contribution in [0.3, 0.4) is 0 Å². The fourth-order valence-electron chi connectivity index (χ4n) is 3.04. The standard InChI is InChI=1S/C14H26N2O/c1-11-4-2-5-12(7-6-11)16-13(17)10-14(15)8-3-9-14/h11-12H,2-10,15H2,1H3,(H,16,17). The monoisotopic (exact) mass is 238 g/mol. The minimum atomic E-state index is -0.178. The minimum absolute atomic E-state index is 0.173. The van der Waals surface area contributed by atoms with Crippen LogP contribution in [-0.4, -0.2) is 17.5 Å². The summed E-state index contributed by atoms with van der Waals surface area (Å²) in [5.41, 5.74) is 5.92. The Labute approximate surface area is 105 Å². The Morgan fingerprint density at radius 2 is 2.00 bits per heavy atom. The van der Waals surface area contributed by atoms with Crippen LogP contribution in [0.15, 0.2) is 0 Å². The lowest BCUT2D eigenvalue weighted by Gasteiger charge is -2.37. The van der Waals surface area contributed by atoms with E-state index in [0.717, 1.165) is 31.6 Å². The van der Waals surface area contributed by atoms with E-state index in [9.17, 15) is 4.79 Å². The van der Waals surface area contributed by atoms with Crippen LogP contribution in [0.2, 0.25) is 0 Å². The van der Waals surface area contributed by atoms with Crippen LogP contribution in [0.5, 0.6) is 0 Å². The number of amides is 1. The molecule has 0 aromatic carbocycles. The van der Waals surface area contributed by atoms with Gasteiger partial charge in [0.2, 0.25) is 5.91 Å². The molecule has 2 aliphatic rings. The lowest BCUT2D eigenvalue weighted by atomic mass is 9.75. The predicted molar refractivity (Wildman–Crippen MR) is 69.6 cm³/mol. The molecule has 0 spiro atoms. The molecular weight excluding hydrogens is 212 g/mol. The summed E-state index contributed by atoms with van der Waals surface area (Å²) in [6, 6.07) is 0.399. The van der Waals surface area contributed by atoms with Gasteiger partial charge in [-0.15, -0.1) is 0 Å². The summed E-state index contributed by atoms with van der Waals surface area (Å²) in [6.45, 7) is 2.31. The van der Waals surface area contributed by atoms with Crippen molar-refractivity contribution < 1.29 is 4.79 Å². The molecule has 2 aliphatic carbocycles. The van der Waals surface area contributed by atoms with Gasteiger partial charge in [0.15, 0.2) is 0 Å². The van der Waals surface area contributed by atoms with Crippen molar-refractivity contribution >= 4 is 5.91 Å². The topological polar surface area (TPSA) is 55.1 Å². The van der Waals surface area contributed by atoms with Crippen LogP contribution in [0.1, 0.15) is 64.7 Å². The highest BCUT2D eigenvalue weighted by molar-refractivity contribution is 5.77. The highest BCUT2D eigenvalue weighted by Crippen LogP contribution is 2.32. The van der Waals surface area contributed by atoms with Gasteiger partial charge in [-0.3, -0.25) is 4.79 Å². The zero-order chi connectivity index (χ0) is 12.3. The Bertz CT molecular complexity index is 273. The fourth-order valence-corrected chi connectivity index (χ4v) is 3.04. The Hall–Kier alpha value is -0.570. The number of carbonyl (C=O) groups excluding carboxylic acids is 1. The summed E-state index contributed by atoms with van der Waals surface area (Å²) in [6.07, 6.45) is 9.85. The molecule has 3 heteroatoms. The van der Waals surface area contributed by atoms with Crippen molar-refractivity contribution in [2.75, 3.05) is 0 Å². The maximum absolute atomic E-state index is 11.9. The molecule has 0 bridgehead atoms. The van der Waals surface area contributed by atoms with Gasteiger partial charge < -0.3 is 11.1 Å². The first-order valence-corrected chi connectivity index (χ1v) is 7.16. The van der Waals surface area contributed by atoms with Gasteiger partial charge in [0.05, 0.1) is 0 Å². The lowest BCUT2D eigenvalue weighted by Crippen LogP contribution is -2.51. The molecule has 2 fully saturated rings. The molecule has 2 saturated carbocycles. The molecule has 2 rings (SSSR count). The van der Waals surface area contributed by atoms with E-state index in [-0.39, 0.29) is 11.4 Å². The molecule has 0 aliphatic heterocycles. The first-order valence-electron chi connectivity index (χ1n) is 7.16. The Balaban J connectivity index is 1.74. The maximum Gasteiger partial charge on any atom is 0.222 e. The third-order valence-electron chi connectivity index (χ3n) is 4.48. The van der Waals surface area contributed by atoms with Crippen LogP contribution < -0.4 is 11.1 Å². The Morgan fingerprint density at radius 3 is 2.65 bits per heavy atom. The number of rotatable bonds is 3. The van der Waals surface area contributed by atoms with Crippen molar-refractivity contribution in [2.45, 2.75) is 76.3 Å². The first kappa shape index (κ1) is 12.9. The van der Waals surface area contributed by atoms with Crippen LogP contribution in [0, 0.1) is 5.92 Å². The molecular formula is C14H26N2O. The third-order valence-corrected chi connectivity index (χ3v) is 4.48. The molecule has 98 valence electrons. The van der Waals surface area contributed by atoms with Crippen molar-refractivity contribution in [1.82, 2.24) is 5.32 Å². The molecule has 0 saturated heterocycles. The predicted octanol–water partition coefficient (Wildman–Crippen LogP) is 2.34. The molecule has 0 aromatic rings. The molecule has 1 amide bonds. The zero-order valence-corrected chi connectivity index (χ0v) is 11.0. The molecule has 0 radical (unpaired) electrons. The summed E-state index contributed by atoms with van der Waals surface area (Å²) in [5, 5.41) is 3.18. The summed E-state index contributed by atoms with van der Waals surface area (Å²) in [7, 11) is 0. The van der Waals surface area contributed by atoms with E-state index >= 15 is 0 Å². The minimum Gasteiger partial charge on any atom is -0.353 e. The maximum atomic E-state index is 11.9. The van der Waals surface area contributed by atoms with Gasteiger partial charge in [0.25, 0.3) is 0 Å². The van der Waals surface area contributed by atoms with Gasteiger partial charge in [0, 0.05) is 18.0 Å². The van der Waals surface area contributed by atoms with E-state index in [2.05, 4.69) is 12.2 Å². The Kier molecular flexibility index (Phi) is 4.08. The SMILES string of the molecule is CC1CCCC(NC(=O)CC2(N)CCC2)CC1. The van der Waals surface area contributed by atoms with E-state index in [1.807, 2.05) is 0 Å². The highest BCUT2D eigenvalue weighted by Gasteiger charge is 2.35. The fraction of sp³-hybridized carbons (Fsp3) is 0.929. The second-order valence-corrected chi connectivity index (χ2v) is 6.27. The molecule has 2 unspecified atom stereocenters. The van der Waals surface area contributed by atoms with Crippen molar-refractivity contribution in [3.63, 3.8) is 0 Å². The molecule has 17 heavy (non-hydrogen) atoms. The highest BCUT2D eigenvalue weighted by atomic mass is 16.1. The third kappa shape index (κ3) is 3.70. The summed E-state index contributed by atoms with van der Waals surface area (Å²) in [5.74, 6) is 0.996. The van der Waals surface area contributed by atoms with Crippen LogP contribution in [0.25, 0.3) is 0 Å². The van der Waals surface area contributed by atoms with Gasteiger partial charge in [-0.1, -0.05) is 19.8 Å². The van der Waals surface area contributed by atoms with Crippen molar-refractivity contribution in [3.05, 3.63) is 0 Å². The largest absolute Gasteiger partial charge is 0.353 e. The summed E-state index contributed by atoms with van der Waals surface area (Å²) < 4.78 is 0. The number of carbonyl (C=O) groups is 1. The van der Waals surface area contributed by atoms with Gasteiger partial charge in [-0.25, -0.2) is 0 Å². The normalized spacial score (nSPS) is 32.4. The van der Waals surface area contributed by atoms with Crippen LogP contribution in [0.4, 0.5) is 0 Å². The zero-order valence-electron chi connectivity index (χ0n) is 11.0. The van der Waals surface area contributed by atoms with Crippen LogP contribution in [-0.2, 0) is 4.79 Å².